The second-order valence-corrected chi connectivity index (χ2v) is 12.3. The molecule has 6 rings (SSSR count). The molecule has 2 aliphatic heterocycles. The third kappa shape index (κ3) is 6.34. The molecule has 0 spiro atoms. The summed E-state index contributed by atoms with van der Waals surface area (Å²) in [6.45, 7) is 3.51. The van der Waals surface area contributed by atoms with Gasteiger partial charge in [0.1, 0.15) is 28.4 Å². The first kappa shape index (κ1) is 29.8. The highest BCUT2D eigenvalue weighted by Crippen LogP contribution is 2.30. The van der Waals surface area contributed by atoms with E-state index >= 15 is 0 Å². The zero-order valence-corrected chi connectivity index (χ0v) is 24.8. The fourth-order valence-electron chi connectivity index (χ4n) is 5.12. The Hall–Kier alpha value is -4.21. The molecule has 2 aliphatic rings. The maximum absolute atomic E-state index is 14.2. The van der Waals surface area contributed by atoms with Gasteiger partial charge in [0, 0.05) is 50.0 Å². The van der Waals surface area contributed by atoms with E-state index in [0.29, 0.717) is 73.6 Å². The molecule has 4 aromatic rings. The summed E-state index contributed by atoms with van der Waals surface area (Å²) in [4.78, 5) is 33.3. The molecule has 0 atom stereocenters. The number of ether oxygens (including phenoxy) is 1. The minimum atomic E-state index is -4.46. The van der Waals surface area contributed by atoms with Crippen LogP contribution in [0.5, 0.6) is 0 Å². The number of amides is 2. The minimum Gasteiger partial charge on any atom is -0.378 e. The van der Waals surface area contributed by atoms with Crippen LogP contribution in [-0.2, 0) is 14.8 Å². The van der Waals surface area contributed by atoms with E-state index in [-0.39, 0.29) is 22.9 Å². The second-order valence-electron chi connectivity index (χ2n) is 10.3. The molecule has 3 aromatic heterocycles. The molecule has 0 unspecified atom stereocenters. The van der Waals surface area contributed by atoms with E-state index in [4.69, 9.17) is 21.3 Å². The van der Waals surface area contributed by atoms with Crippen molar-refractivity contribution in [1.82, 2.24) is 29.7 Å². The Morgan fingerprint density at radius 1 is 0.977 bits per heavy atom. The molecule has 230 valence electrons. The summed E-state index contributed by atoms with van der Waals surface area (Å²) in [5, 5.41) is 3.27. The number of piperidine rings is 1. The Morgan fingerprint density at radius 3 is 2.48 bits per heavy atom. The highest BCUT2D eigenvalue weighted by atomic mass is 35.5. The molecule has 16 heteroatoms. The number of carbonyl (C=O) groups excluding carboxylic acids is 1. The van der Waals surface area contributed by atoms with Gasteiger partial charge in [-0.1, -0.05) is 11.6 Å². The maximum Gasteiger partial charge on any atom is 0.320 e. The van der Waals surface area contributed by atoms with Crippen LogP contribution in [0.15, 0.2) is 53.8 Å². The quantitative estimate of drug-likeness (QED) is 0.296. The average Bonchev–Trinajstić information content (AvgIpc) is 3.02. The van der Waals surface area contributed by atoms with Crippen molar-refractivity contribution in [2.24, 2.45) is 0 Å². The predicted octanol–water partition coefficient (Wildman–Crippen LogP) is 4.15. The van der Waals surface area contributed by atoms with E-state index in [1.165, 1.54) is 18.6 Å². The summed E-state index contributed by atoms with van der Waals surface area (Å²) < 4.78 is 60.8. The van der Waals surface area contributed by atoms with Crippen LogP contribution in [0.4, 0.5) is 25.1 Å². The van der Waals surface area contributed by atoms with Gasteiger partial charge in [-0.15, -0.1) is 0 Å². The fraction of sp³-hybridized carbons (Fsp3) is 0.321. The van der Waals surface area contributed by atoms with Crippen molar-refractivity contribution in [1.29, 1.82) is 0 Å². The molecule has 2 amide bonds. The number of carbonyl (C=O) groups is 1. The van der Waals surface area contributed by atoms with Crippen LogP contribution < -0.4 is 10.0 Å². The lowest BCUT2D eigenvalue weighted by molar-refractivity contribution is 0.0414. The van der Waals surface area contributed by atoms with Crippen LogP contribution >= 0.6 is 11.6 Å². The second kappa shape index (κ2) is 12.4. The SMILES string of the molecule is O=C(N1CCOCC1)N1CCC(Nc2ncnc3ccc(-c4cnc(Cl)c(NS(=O)(=O)c5ccc(F)cc5F)c4)nc23)CC1. The molecule has 0 saturated carbocycles. The normalized spacial score (nSPS) is 16.2. The van der Waals surface area contributed by atoms with E-state index in [1.54, 1.807) is 12.1 Å². The smallest absolute Gasteiger partial charge is 0.320 e. The van der Waals surface area contributed by atoms with Gasteiger partial charge in [0.25, 0.3) is 10.0 Å². The molecular weight excluding hydrogens is 618 g/mol. The van der Waals surface area contributed by atoms with Gasteiger partial charge >= 0.3 is 6.03 Å². The summed E-state index contributed by atoms with van der Waals surface area (Å²) in [6.07, 6.45) is 4.31. The van der Waals surface area contributed by atoms with Gasteiger partial charge in [0.2, 0.25) is 0 Å². The van der Waals surface area contributed by atoms with Gasteiger partial charge in [-0.2, -0.15) is 0 Å². The maximum atomic E-state index is 14.2. The van der Waals surface area contributed by atoms with Gasteiger partial charge in [-0.05, 0) is 43.2 Å². The Labute approximate surface area is 256 Å². The molecule has 5 heterocycles. The molecule has 2 fully saturated rings. The van der Waals surface area contributed by atoms with Crippen molar-refractivity contribution in [2.45, 2.75) is 23.8 Å². The van der Waals surface area contributed by atoms with E-state index in [9.17, 15) is 22.0 Å². The highest BCUT2D eigenvalue weighted by Gasteiger charge is 2.28. The molecule has 2 saturated heterocycles. The Bertz CT molecular complexity index is 1820. The molecular formula is C28H27ClF2N8O4S. The first-order chi connectivity index (χ1) is 21.2. The van der Waals surface area contributed by atoms with Crippen molar-refractivity contribution >= 4 is 50.2 Å². The van der Waals surface area contributed by atoms with Crippen LogP contribution in [0, 0.1) is 11.6 Å². The number of halogens is 3. The number of pyridine rings is 2. The topological polar surface area (TPSA) is 143 Å². The van der Waals surface area contributed by atoms with Gasteiger partial charge in [0.05, 0.1) is 30.1 Å². The third-order valence-corrected chi connectivity index (χ3v) is 9.13. The zero-order valence-electron chi connectivity index (χ0n) is 23.2. The molecule has 2 N–H and O–H groups in total. The van der Waals surface area contributed by atoms with Crippen molar-refractivity contribution in [3.05, 3.63) is 65.7 Å². The fourth-order valence-corrected chi connectivity index (χ4v) is 6.45. The number of nitrogens with zero attached hydrogens (tertiary/aromatic N) is 6. The largest absolute Gasteiger partial charge is 0.378 e. The molecule has 0 bridgehead atoms. The summed E-state index contributed by atoms with van der Waals surface area (Å²) >= 11 is 6.17. The number of sulfonamides is 1. The zero-order chi connectivity index (χ0) is 30.8. The van der Waals surface area contributed by atoms with E-state index in [2.05, 4.69) is 25.0 Å². The minimum absolute atomic E-state index is 0.0339. The van der Waals surface area contributed by atoms with E-state index < -0.39 is 26.6 Å². The molecule has 1 aromatic carbocycles. The van der Waals surface area contributed by atoms with Gasteiger partial charge in [-0.25, -0.2) is 41.9 Å². The van der Waals surface area contributed by atoms with Gasteiger partial charge in [0.15, 0.2) is 11.0 Å². The van der Waals surface area contributed by atoms with Crippen molar-refractivity contribution < 1.29 is 26.7 Å². The lowest BCUT2D eigenvalue weighted by Gasteiger charge is -2.37. The van der Waals surface area contributed by atoms with E-state index in [0.717, 1.165) is 25.0 Å². The number of hydrogen-bond donors (Lipinski definition) is 2. The van der Waals surface area contributed by atoms with Crippen LogP contribution in [0.1, 0.15) is 12.8 Å². The molecule has 12 nitrogen and oxygen atoms in total. The average molecular weight is 645 g/mol. The van der Waals surface area contributed by atoms with Gasteiger partial charge < -0.3 is 19.9 Å². The Balaban J connectivity index is 1.20. The van der Waals surface area contributed by atoms with Crippen LogP contribution in [0.2, 0.25) is 5.15 Å². The van der Waals surface area contributed by atoms with E-state index in [1.807, 2.05) is 9.80 Å². The number of nitrogens with one attached hydrogen (secondary N) is 2. The van der Waals surface area contributed by atoms with Crippen molar-refractivity contribution in [3.63, 3.8) is 0 Å². The number of hydrogen-bond acceptors (Lipinski definition) is 9. The predicted molar refractivity (Wildman–Crippen MR) is 159 cm³/mol. The Morgan fingerprint density at radius 2 is 1.73 bits per heavy atom. The number of aromatic nitrogens is 4. The lowest BCUT2D eigenvalue weighted by atomic mass is 10.1. The van der Waals surface area contributed by atoms with Gasteiger partial charge in [-0.3, -0.25) is 4.72 Å². The van der Waals surface area contributed by atoms with Crippen LogP contribution in [0.3, 0.4) is 0 Å². The highest BCUT2D eigenvalue weighted by molar-refractivity contribution is 7.92. The summed E-state index contributed by atoms with van der Waals surface area (Å²) in [7, 11) is -4.46. The standard InChI is InChI=1S/C28H27ClF2N8O4S/c29-26-23(37-44(41,42)24-4-1-18(30)14-20(24)31)13-17(15-32-26)21-2-3-22-25(36-21)27(34-16-33-22)35-19-5-7-38(8-6-19)28(40)39-9-11-43-12-10-39/h1-4,13-16,19,37H,5-12H2,(H,33,34,35). The lowest BCUT2D eigenvalue weighted by Crippen LogP contribution is -2.51. The summed E-state index contributed by atoms with van der Waals surface area (Å²) in [6, 6.07) is 7.09. The number of rotatable bonds is 6. The first-order valence-electron chi connectivity index (χ1n) is 13.8. The molecule has 0 radical (unpaired) electrons. The third-order valence-electron chi connectivity index (χ3n) is 7.43. The van der Waals surface area contributed by atoms with Crippen LogP contribution in [0.25, 0.3) is 22.3 Å². The number of fused-ring (bicyclic) bond motifs is 1. The van der Waals surface area contributed by atoms with Crippen LogP contribution in [-0.4, -0.2) is 89.6 Å². The molecule has 44 heavy (non-hydrogen) atoms. The number of morpholine rings is 1. The summed E-state index contributed by atoms with van der Waals surface area (Å²) in [5.74, 6) is -1.64. The van der Waals surface area contributed by atoms with Crippen molar-refractivity contribution in [3.8, 4) is 11.3 Å². The molecule has 0 aliphatic carbocycles. The van der Waals surface area contributed by atoms with Crippen molar-refractivity contribution in [2.75, 3.05) is 49.4 Å². The Kier molecular flexibility index (Phi) is 8.42. The number of urea groups is 1. The number of benzene rings is 1. The monoisotopic (exact) mass is 644 g/mol. The number of likely N-dealkylation sites (tertiary alicyclic amines) is 1. The number of anilines is 2. The summed E-state index contributed by atoms with van der Waals surface area (Å²) in [5.41, 5.74) is 1.80. The first-order valence-corrected chi connectivity index (χ1v) is 15.7.